The highest BCUT2D eigenvalue weighted by Gasteiger charge is 2.17. The van der Waals surface area contributed by atoms with E-state index in [1.807, 2.05) is 6.92 Å². The van der Waals surface area contributed by atoms with Gasteiger partial charge in [-0.25, -0.2) is 4.39 Å². The minimum Gasteiger partial charge on any atom is -0.379 e. The Hall–Kier alpha value is -1.70. The minimum atomic E-state index is -0.247. The highest BCUT2D eigenvalue weighted by Crippen LogP contribution is 2.16. The molecule has 0 aliphatic carbocycles. The smallest absolute Gasteiger partial charge is 0.191 e. The van der Waals surface area contributed by atoms with Gasteiger partial charge in [-0.2, -0.15) is 0 Å². The third-order valence-corrected chi connectivity index (χ3v) is 4.51. The van der Waals surface area contributed by atoms with Gasteiger partial charge in [0.15, 0.2) is 5.96 Å². The van der Waals surface area contributed by atoms with Crippen LogP contribution < -0.4 is 10.6 Å². The maximum atomic E-state index is 13.1. The van der Waals surface area contributed by atoms with Crippen LogP contribution in [0.1, 0.15) is 25.5 Å². The van der Waals surface area contributed by atoms with Crippen LogP contribution in [0.5, 0.6) is 0 Å². The molecule has 1 heterocycles. The second-order valence-corrected chi connectivity index (χ2v) is 6.37. The van der Waals surface area contributed by atoms with Crippen LogP contribution >= 0.6 is 0 Å². The number of guanidine groups is 1. The molecule has 0 amide bonds. The zero-order chi connectivity index (χ0) is 18.8. The highest BCUT2D eigenvalue weighted by atomic mass is 19.1. The van der Waals surface area contributed by atoms with E-state index in [0.717, 1.165) is 44.4 Å². The number of halogens is 1. The first-order valence-corrected chi connectivity index (χ1v) is 9.26. The van der Waals surface area contributed by atoms with Crippen molar-refractivity contribution in [2.24, 2.45) is 4.99 Å². The van der Waals surface area contributed by atoms with Gasteiger partial charge in [-0.05, 0) is 31.5 Å². The summed E-state index contributed by atoms with van der Waals surface area (Å²) in [5.74, 6) is 0.514. The molecule has 1 aromatic rings. The van der Waals surface area contributed by atoms with Crippen molar-refractivity contribution in [1.29, 1.82) is 0 Å². The topological polar surface area (TPSA) is 58.1 Å². The molecule has 7 heteroatoms. The molecule has 2 unspecified atom stereocenters. The predicted molar refractivity (Wildman–Crippen MR) is 102 cm³/mol. The number of benzene rings is 1. The molecule has 0 radical (unpaired) electrons. The number of methoxy groups -OCH3 is 1. The molecule has 0 saturated carbocycles. The summed E-state index contributed by atoms with van der Waals surface area (Å²) in [7, 11) is 1.65. The zero-order valence-corrected chi connectivity index (χ0v) is 16.0. The average molecular weight is 366 g/mol. The lowest BCUT2D eigenvalue weighted by atomic mass is 10.1. The summed E-state index contributed by atoms with van der Waals surface area (Å²) in [6, 6.07) is 6.76. The van der Waals surface area contributed by atoms with Gasteiger partial charge in [0.1, 0.15) is 5.82 Å². The summed E-state index contributed by atoms with van der Waals surface area (Å²) in [5.41, 5.74) is 0.930. The molecule has 0 spiro atoms. The summed E-state index contributed by atoms with van der Waals surface area (Å²) in [6.07, 6.45) is -0.170. The van der Waals surface area contributed by atoms with Gasteiger partial charge in [0.2, 0.25) is 0 Å². The van der Waals surface area contributed by atoms with Gasteiger partial charge in [0.25, 0.3) is 0 Å². The second kappa shape index (κ2) is 11.1. The van der Waals surface area contributed by atoms with Crippen molar-refractivity contribution in [2.75, 3.05) is 53.0 Å². The molecule has 1 fully saturated rings. The van der Waals surface area contributed by atoms with Crippen LogP contribution in [0, 0.1) is 5.82 Å². The van der Waals surface area contributed by atoms with Gasteiger partial charge in [0.05, 0.1) is 25.9 Å². The van der Waals surface area contributed by atoms with Crippen molar-refractivity contribution in [3.8, 4) is 0 Å². The molecule has 146 valence electrons. The first-order valence-electron chi connectivity index (χ1n) is 9.26. The molecule has 0 aromatic heterocycles. The van der Waals surface area contributed by atoms with Gasteiger partial charge >= 0.3 is 0 Å². The Morgan fingerprint density at radius 2 is 1.96 bits per heavy atom. The molecule has 2 N–H and O–H groups in total. The van der Waals surface area contributed by atoms with Crippen LogP contribution in [0.25, 0.3) is 0 Å². The Morgan fingerprint density at radius 1 is 1.27 bits per heavy atom. The number of nitrogens with zero attached hydrogens (tertiary/aromatic N) is 2. The standard InChI is InChI=1S/C19H31FN4O2/c1-4-21-19(22-13-15(2)24-9-11-26-12-10-24)23-14-18(25-3)16-5-7-17(20)8-6-16/h5-8,15,18H,4,9-14H2,1-3H3,(H2,21,22,23). The van der Waals surface area contributed by atoms with Gasteiger partial charge in [-0.15, -0.1) is 0 Å². The van der Waals surface area contributed by atoms with Gasteiger partial charge < -0.3 is 20.1 Å². The molecular formula is C19H31FN4O2. The summed E-state index contributed by atoms with van der Waals surface area (Å²) in [4.78, 5) is 7.09. The molecule has 6 nitrogen and oxygen atoms in total. The summed E-state index contributed by atoms with van der Waals surface area (Å²) < 4.78 is 24.0. The Kier molecular flexibility index (Phi) is 8.80. The lowest BCUT2D eigenvalue weighted by Gasteiger charge is -2.31. The van der Waals surface area contributed by atoms with Crippen molar-refractivity contribution >= 4 is 5.96 Å². The Bertz CT molecular complexity index is 547. The van der Waals surface area contributed by atoms with Crippen LogP contribution in [0.2, 0.25) is 0 Å². The number of ether oxygens (including phenoxy) is 2. The van der Waals surface area contributed by atoms with Crippen LogP contribution in [-0.2, 0) is 9.47 Å². The first kappa shape index (κ1) is 20.6. The van der Waals surface area contributed by atoms with E-state index in [9.17, 15) is 4.39 Å². The SMILES string of the molecule is CCNC(=NCC(C)N1CCOCC1)NCC(OC)c1ccc(F)cc1. The van der Waals surface area contributed by atoms with Crippen molar-refractivity contribution in [3.05, 3.63) is 35.6 Å². The third-order valence-electron chi connectivity index (χ3n) is 4.51. The van der Waals surface area contributed by atoms with E-state index >= 15 is 0 Å². The molecule has 2 atom stereocenters. The summed E-state index contributed by atoms with van der Waals surface area (Å²) >= 11 is 0. The number of hydrogen-bond acceptors (Lipinski definition) is 4. The Morgan fingerprint density at radius 3 is 2.58 bits per heavy atom. The van der Waals surface area contributed by atoms with E-state index in [-0.39, 0.29) is 11.9 Å². The average Bonchev–Trinajstić information content (AvgIpc) is 2.68. The molecular weight excluding hydrogens is 335 g/mol. The highest BCUT2D eigenvalue weighted by molar-refractivity contribution is 5.79. The lowest BCUT2D eigenvalue weighted by molar-refractivity contribution is 0.0220. The second-order valence-electron chi connectivity index (χ2n) is 6.37. The van der Waals surface area contributed by atoms with E-state index < -0.39 is 0 Å². The number of nitrogens with one attached hydrogen (secondary N) is 2. The van der Waals surface area contributed by atoms with E-state index in [1.165, 1.54) is 12.1 Å². The fraction of sp³-hybridized carbons (Fsp3) is 0.632. The molecule has 2 rings (SSSR count). The normalized spacial score (nSPS) is 18.4. The number of aliphatic imine (C=N–C) groups is 1. The van der Waals surface area contributed by atoms with E-state index in [4.69, 9.17) is 14.5 Å². The number of morpholine rings is 1. The lowest BCUT2D eigenvalue weighted by Crippen LogP contribution is -2.45. The largest absolute Gasteiger partial charge is 0.379 e. The maximum Gasteiger partial charge on any atom is 0.191 e. The fourth-order valence-corrected chi connectivity index (χ4v) is 2.90. The zero-order valence-electron chi connectivity index (χ0n) is 16.0. The fourth-order valence-electron chi connectivity index (χ4n) is 2.90. The molecule has 1 saturated heterocycles. The van der Waals surface area contributed by atoms with Gasteiger partial charge in [0, 0.05) is 39.3 Å². The third kappa shape index (κ3) is 6.55. The van der Waals surface area contributed by atoms with E-state index in [0.29, 0.717) is 19.1 Å². The van der Waals surface area contributed by atoms with E-state index in [1.54, 1.807) is 19.2 Å². The Balaban J connectivity index is 1.89. The molecule has 1 aromatic carbocycles. The molecule has 26 heavy (non-hydrogen) atoms. The van der Waals surface area contributed by atoms with E-state index in [2.05, 4.69) is 22.5 Å². The molecule has 0 bridgehead atoms. The number of rotatable bonds is 8. The van der Waals surface area contributed by atoms with Crippen molar-refractivity contribution in [1.82, 2.24) is 15.5 Å². The molecule has 1 aliphatic rings. The minimum absolute atomic E-state index is 0.170. The van der Waals surface area contributed by atoms with Gasteiger partial charge in [-0.3, -0.25) is 9.89 Å². The predicted octanol–water partition coefficient (Wildman–Crippen LogP) is 1.79. The van der Waals surface area contributed by atoms with Crippen LogP contribution in [0.15, 0.2) is 29.3 Å². The summed E-state index contributed by atoms with van der Waals surface area (Å²) in [5, 5.41) is 6.58. The van der Waals surface area contributed by atoms with Gasteiger partial charge in [-0.1, -0.05) is 12.1 Å². The summed E-state index contributed by atoms with van der Waals surface area (Å²) in [6.45, 7) is 9.77. The van der Waals surface area contributed by atoms with Crippen LogP contribution in [0.4, 0.5) is 4.39 Å². The van der Waals surface area contributed by atoms with Crippen molar-refractivity contribution in [3.63, 3.8) is 0 Å². The van der Waals surface area contributed by atoms with Crippen molar-refractivity contribution < 1.29 is 13.9 Å². The first-order chi connectivity index (χ1) is 12.6. The Labute approximate surface area is 155 Å². The maximum absolute atomic E-state index is 13.1. The van der Waals surface area contributed by atoms with Crippen LogP contribution in [-0.4, -0.2) is 69.9 Å². The number of hydrogen-bond donors (Lipinski definition) is 2. The van der Waals surface area contributed by atoms with Crippen LogP contribution in [0.3, 0.4) is 0 Å². The van der Waals surface area contributed by atoms with Crippen molar-refractivity contribution in [2.45, 2.75) is 26.0 Å². The quantitative estimate of drug-likeness (QED) is 0.543. The monoisotopic (exact) mass is 366 g/mol. The molecule has 1 aliphatic heterocycles.